The Balaban J connectivity index is 2.17. The number of fused-ring (bicyclic) bond motifs is 1. The predicted molar refractivity (Wildman–Crippen MR) is 102 cm³/mol. The maximum Gasteiger partial charge on any atom is 0.263 e. The zero-order valence-electron chi connectivity index (χ0n) is 14.7. The van der Waals surface area contributed by atoms with Gasteiger partial charge in [-0.1, -0.05) is 44.2 Å². The van der Waals surface area contributed by atoms with Crippen LogP contribution in [0.15, 0.2) is 53.4 Å². The maximum absolute atomic E-state index is 13.0. The van der Waals surface area contributed by atoms with Gasteiger partial charge >= 0.3 is 0 Å². The van der Waals surface area contributed by atoms with Crippen LogP contribution in [0.4, 0.5) is 5.82 Å². The summed E-state index contributed by atoms with van der Waals surface area (Å²) in [7, 11) is -3.70. The van der Waals surface area contributed by atoms with Crippen LogP contribution in [-0.2, 0) is 22.9 Å². The fourth-order valence-corrected chi connectivity index (χ4v) is 4.52. The number of pyridine rings is 1. The number of nitrogens with one attached hydrogen (secondary N) is 1. The fourth-order valence-electron chi connectivity index (χ4n) is 3.21. The quantitative estimate of drug-likeness (QED) is 0.735. The summed E-state index contributed by atoms with van der Waals surface area (Å²) in [4.78, 5) is 4.57. The van der Waals surface area contributed by atoms with E-state index in [-0.39, 0.29) is 0 Å². The molecule has 4 nitrogen and oxygen atoms in total. The summed E-state index contributed by atoms with van der Waals surface area (Å²) < 4.78 is 28.6. The van der Waals surface area contributed by atoms with Gasteiger partial charge in [0.1, 0.15) is 5.82 Å². The molecule has 1 N–H and O–H groups in total. The minimum Gasteiger partial charge on any atom is -0.263 e. The molecule has 0 aliphatic heterocycles. The van der Waals surface area contributed by atoms with Crippen LogP contribution >= 0.6 is 0 Å². The smallest absolute Gasteiger partial charge is 0.263 e. The number of benzene rings is 2. The summed E-state index contributed by atoms with van der Waals surface area (Å²) in [5.41, 5.74) is 2.79. The SMILES string of the molecule is CCc1cccc2ccc(S(=O)(=O)Nc3cccc(C)n3)c(CC)c12. The van der Waals surface area contributed by atoms with E-state index in [1.54, 1.807) is 18.2 Å². The van der Waals surface area contributed by atoms with E-state index < -0.39 is 10.0 Å². The van der Waals surface area contributed by atoms with E-state index >= 15 is 0 Å². The summed E-state index contributed by atoms with van der Waals surface area (Å²) in [5.74, 6) is 0.339. The zero-order chi connectivity index (χ0) is 18.0. The van der Waals surface area contributed by atoms with Crippen molar-refractivity contribution >= 4 is 26.6 Å². The average molecular weight is 354 g/mol. The summed E-state index contributed by atoms with van der Waals surface area (Å²) in [6.07, 6.45) is 1.51. The van der Waals surface area contributed by atoms with Crippen molar-refractivity contribution in [3.05, 3.63) is 65.4 Å². The first-order valence-corrected chi connectivity index (χ1v) is 9.94. The third kappa shape index (κ3) is 3.37. The molecule has 0 saturated heterocycles. The first kappa shape index (κ1) is 17.4. The lowest BCUT2D eigenvalue weighted by atomic mass is 9.96. The van der Waals surface area contributed by atoms with Crippen LogP contribution in [0, 0.1) is 6.92 Å². The summed E-state index contributed by atoms with van der Waals surface area (Å²) in [6.45, 7) is 5.91. The van der Waals surface area contributed by atoms with Gasteiger partial charge in [-0.2, -0.15) is 0 Å². The molecule has 2 aromatic carbocycles. The van der Waals surface area contributed by atoms with Gasteiger partial charge < -0.3 is 0 Å². The number of sulfonamides is 1. The molecule has 3 aromatic rings. The number of hydrogen-bond donors (Lipinski definition) is 1. The second kappa shape index (κ2) is 6.84. The fraction of sp³-hybridized carbons (Fsp3) is 0.250. The van der Waals surface area contributed by atoms with Crippen molar-refractivity contribution in [3.8, 4) is 0 Å². The van der Waals surface area contributed by atoms with Gasteiger partial charge in [0.25, 0.3) is 10.0 Å². The topological polar surface area (TPSA) is 59.1 Å². The third-order valence-corrected chi connectivity index (χ3v) is 5.79. The lowest BCUT2D eigenvalue weighted by Gasteiger charge is -2.16. The highest BCUT2D eigenvalue weighted by molar-refractivity contribution is 7.92. The summed E-state index contributed by atoms with van der Waals surface area (Å²) >= 11 is 0. The number of anilines is 1. The molecule has 3 rings (SSSR count). The largest absolute Gasteiger partial charge is 0.263 e. The molecule has 130 valence electrons. The van der Waals surface area contributed by atoms with Gasteiger partial charge in [-0.25, -0.2) is 13.4 Å². The van der Waals surface area contributed by atoms with Crippen molar-refractivity contribution in [2.75, 3.05) is 4.72 Å². The van der Waals surface area contributed by atoms with Gasteiger partial charge in [0.15, 0.2) is 0 Å². The Morgan fingerprint density at radius 3 is 2.40 bits per heavy atom. The van der Waals surface area contributed by atoms with Crippen molar-refractivity contribution in [3.63, 3.8) is 0 Å². The molecule has 25 heavy (non-hydrogen) atoms. The van der Waals surface area contributed by atoms with Gasteiger partial charge in [0, 0.05) is 5.69 Å². The first-order valence-electron chi connectivity index (χ1n) is 8.46. The molecule has 5 heteroatoms. The van der Waals surface area contributed by atoms with Crippen molar-refractivity contribution in [1.82, 2.24) is 4.98 Å². The van der Waals surface area contributed by atoms with E-state index in [4.69, 9.17) is 0 Å². The van der Waals surface area contributed by atoms with Crippen molar-refractivity contribution < 1.29 is 8.42 Å². The van der Waals surface area contributed by atoms with Crippen LogP contribution in [0.25, 0.3) is 10.8 Å². The third-order valence-electron chi connectivity index (χ3n) is 4.35. The van der Waals surface area contributed by atoms with Crippen LogP contribution in [-0.4, -0.2) is 13.4 Å². The molecule has 0 bridgehead atoms. The normalized spacial score (nSPS) is 11.6. The van der Waals surface area contributed by atoms with Gasteiger partial charge in [0.2, 0.25) is 0 Å². The number of aryl methyl sites for hydroxylation is 3. The van der Waals surface area contributed by atoms with Gasteiger partial charge in [-0.05, 0) is 59.9 Å². The minimum atomic E-state index is -3.70. The molecule has 0 saturated carbocycles. The molecule has 1 aromatic heterocycles. The molecule has 0 aliphatic carbocycles. The standard InChI is InChI=1S/C20H22N2O2S/c1-4-15-9-7-10-16-12-13-18(17(5-2)20(15)16)25(23,24)22-19-11-6-8-14(3)21-19/h6-13H,4-5H2,1-3H3,(H,21,22). The Morgan fingerprint density at radius 1 is 0.960 bits per heavy atom. The van der Waals surface area contributed by atoms with E-state index in [1.807, 2.05) is 38.1 Å². The molecular weight excluding hydrogens is 332 g/mol. The number of nitrogens with zero attached hydrogens (tertiary/aromatic N) is 1. The van der Waals surface area contributed by atoms with Crippen molar-refractivity contribution in [2.45, 2.75) is 38.5 Å². The molecule has 0 spiro atoms. The van der Waals surface area contributed by atoms with Gasteiger partial charge in [-0.15, -0.1) is 0 Å². The van der Waals surface area contributed by atoms with Crippen molar-refractivity contribution in [1.29, 1.82) is 0 Å². The van der Waals surface area contributed by atoms with Crippen LogP contribution < -0.4 is 4.72 Å². The highest BCUT2D eigenvalue weighted by Gasteiger charge is 2.21. The van der Waals surface area contributed by atoms with Crippen LogP contribution in [0.3, 0.4) is 0 Å². The molecular formula is C20H22N2O2S. The van der Waals surface area contributed by atoms with E-state index in [9.17, 15) is 8.42 Å². The monoisotopic (exact) mass is 354 g/mol. The van der Waals surface area contributed by atoms with Gasteiger partial charge in [0.05, 0.1) is 4.90 Å². The number of aromatic nitrogens is 1. The minimum absolute atomic E-state index is 0.326. The zero-order valence-corrected chi connectivity index (χ0v) is 15.5. The highest BCUT2D eigenvalue weighted by Crippen LogP contribution is 2.30. The maximum atomic E-state index is 13.0. The van der Waals surface area contributed by atoms with Gasteiger partial charge in [-0.3, -0.25) is 4.72 Å². The lowest BCUT2D eigenvalue weighted by molar-refractivity contribution is 0.600. The van der Waals surface area contributed by atoms with Crippen LogP contribution in [0.2, 0.25) is 0 Å². The first-order chi connectivity index (χ1) is 12.0. The lowest BCUT2D eigenvalue weighted by Crippen LogP contribution is -2.16. The van der Waals surface area contributed by atoms with E-state index in [1.165, 1.54) is 5.56 Å². The summed E-state index contributed by atoms with van der Waals surface area (Å²) in [5, 5.41) is 2.12. The molecule has 0 fully saturated rings. The molecule has 0 amide bonds. The average Bonchev–Trinajstić information content (AvgIpc) is 2.59. The Bertz CT molecular complexity index is 1030. The Labute approximate surface area is 149 Å². The Hall–Kier alpha value is -2.40. The second-order valence-electron chi connectivity index (χ2n) is 6.03. The Morgan fingerprint density at radius 2 is 1.72 bits per heavy atom. The predicted octanol–water partition coefficient (Wildman–Crippen LogP) is 4.47. The van der Waals surface area contributed by atoms with E-state index in [2.05, 4.69) is 22.7 Å². The molecule has 0 radical (unpaired) electrons. The molecule has 0 unspecified atom stereocenters. The molecule has 1 heterocycles. The van der Waals surface area contributed by atoms with Crippen LogP contribution in [0.5, 0.6) is 0 Å². The number of rotatable bonds is 5. The van der Waals surface area contributed by atoms with E-state index in [0.717, 1.165) is 28.5 Å². The summed E-state index contributed by atoms with van der Waals surface area (Å²) in [6, 6.07) is 15.0. The van der Waals surface area contributed by atoms with E-state index in [0.29, 0.717) is 17.1 Å². The molecule has 0 aliphatic rings. The molecule has 0 atom stereocenters. The van der Waals surface area contributed by atoms with Crippen LogP contribution in [0.1, 0.15) is 30.7 Å². The second-order valence-corrected chi connectivity index (χ2v) is 7.69. The van der Waals surface area contributed by atoms with Crippen molar-refractivity contribution in [2.24, 2.45) is 0 Å². The highest BCUT2D eigenvalue weighted by atomic mass is 32.2. The Kier molecular flexibility index (Phi) is 4.77. The number of hydrogen-bond acceptors (Lipinski definition) is 3.